The van der Waals surface area contributed by atoms with Crippen LogP contribution in [0.5, 0.6) is 11.5 Å². The van der Waals surface area contributed by atoms with Crippen LogP contribution in [0.3, 0.4) is 0 Å². The Labute approximate surface area is 204 Å². The summed E-state index contributed by atoms with van der Waals surface area (Å²) in [6, 6.07) is 16.3. The van der Waals surface area contributed by atoms with Gasteiger partial charge >= 0.3 is 6.18 Å². The van der Waals surface area contributed by atoms with E-state index in [0.29, 0.717) is 41.1 Å². The number of para-hydroxylation sites is 1. The molecule has 0 spiro atoms. The number of nitrogens with two attached hydrogens (primary N) is 1. The lowest BCUT2D eigenvalue weighted by atomic mass is 10.1. The number of fused-ring (bicyclic) bond motifs is 1. The van der Waals surface area contributed by atoms with E-state index in [1.807, 2.05) is 54.6 Å². The minimum Gasteiger partial charge on any atom is -0.457 e. The maximum atomic E-state index is 12.8. The molecule has 4 aromatic rings. The highest BCUT2D eigenvalue weighted by molar-refractivity contribution is 5.98. The number of carbonyl (C=O) groups excluding carboxylic acids is 1. The number of hydrogen-bond acceptors (Lipinski definition) is 6. The average molecular weight is 496 g/mol. The number of ether oxygens (including phenoxy) is 1. The van der Waals surface area contributed by atoms with Gasteiger partial charge in [-0.05, 0) is 49.2 Å². The van der Waals surface area contributed by atoms with E-state index in [4.69, 9.17) is 15.6 Å². The van der Waals surface area contributed by atoms with Gasteiger partial charge in [0.1, 0.15) is 35.8 Å². The minimum absolute atomic E-state index is 0.110. The number of aromatic nitrogens is 4. The predicted octanol–water partition coefficient (Wildman–Crippen LogP) is 4.98. The Morgan fingerprint density at radius 1 is 1.06 bits per heavy atom. The van der Waals surface area contributed by atoms with E-state index < -0.39 is 18.5 Å². The summed E-state index contributed by atoms with van der Waals surface area (Å²) >= 11 is 0. The number of anilines is 1. The lowest BCUT2D eigenvalue weighted by molar-refractivity contribution is -0.162. The summed E-state index contributed by atoms with van der Waals surface area (Å²) in [6.07, 6.45) is -3.51. The Morgan fingerprint density at radius 3 is 2.50 bits per heavy atom. The highest BCUT2D eigenvalue weighted by Gasteiger charge is 2.36. The Hall–Kier alpha value is -4.15. The third kappa shape index (κ3) is 4.95. The second-order valence-electron chi connectivity index (χ2n) is 8.62. The van der Waals surface area contributed by atoms with Gasteiger partial charge in [-0.3, -0.25) is 4.79 Å². The van der Waals surface area contributed by atoms with E-state index in [9.17, 15) is 18.0 Å². The van der Waals surface area contributed by atoms with Crippen molar-refractivity contribution >= 4 is 22.8 Å². The second-order valence-corrected chi connectivity index (χ2v) is 8.62. The van der Waals surface area contributed by atoms with Crippen molar-refractivity contribution in [3.05, 3.63) is 60.9 Å². The first-order valence-electron chi connectivity index (χ1n) is 11.4. The van der Waals surface area contributed by atoms with Crippen molar-refractivity contribution in [2.45, 2.75) is 31.5 Å². The van der Waals surface area contributed by atoms with Crippen molar-refractivity contribution in [1.29, 1.82) is 0 Å². The molecule has 1 saturated heterocycles. The Balaban J connectivity index is 1.45. The molecule has 1 aliphatic rings. The minimum atomic E-state index is -4.55. The van der Waals surface area contributed by atoms with Gasteiger partial charge in [-0.15, -0.1) is 0 Å². The number of likely N-dealkylation sites (tertiary alicyclic amines) is 1. The van der Waals surface area contributed by atoms with Crippen LogP contribution < -0.4 is 10.5 Å². The lowest BCUT2D eigenvalue weighted by Crippen LogP contribution is -2.42. The van der Waals surface area contributed by atoms with Crippen molar-refractivity contribution in [2.24, 2.45) is 0 Å². The predicted molar refractivity (Wildman–Crippen MR) is 127 cm³/mol. The molecular weight excluding hydrogens is 473 g/mol. The SMILES string of the molecule is Nc1ncnc2c1c(-c1ccc(Oc3ccccc3)cc1)nn2C1CCCN(C(=O)CC(F)(F)F)C1. The molecule has 2 aromatic carbocycles. The molecule has 1 amide bonds. The number of alkyl halides is 3. The molecule has 0 aliphatic carbocycles. The zero-order valence-electron chi connectivity index (χ0n) is 19.2. The summed E-state index contributed by atoms with van der Waals surface area (Å²) in [4.78, 5) is 21.9. The van der Waals surface area contributed by atoms with Gasteiger partial charge in [0.25, 0.3) is 0 Å². The zero-order chi connectivity index (χ0) is 25.3. The summed E-state index contributed by atoms with van der Waals surface area (Å²) < 4.78 is 45.8. The van der Waals surface area contributed by atoms with Crippen molar-refractivity contribution in [1.82, 2.24) is 24.6 Å². The smallest absolute Gasteiger partial charge is 0.397 e. The molecule has 0 saturated carbocycles. The Morgan fingerprint density at radius 2 is 1.78 bits per heavy atom. The monoisotopic (exact) mass is 496 g/mol. The molecule has 1 aliphatic heterocycles. The van der Waals surface area contributed by atoms with E-state index in [2.05, 4.69) is 9.97 Å². The van der Waals surface area contributed by atoms with E-state index in [1.54, 1.807) is 4.68 Å². The Kier molecular flexibility index (Phi) is 6.21. The van der Waals surface area contributed by atoms with Crippen LogP contribution in [-0.4, -0.2) is 49.8 Å². The van der Waals surface area contributed by atoms with Gasteiger partial charge in [-0.2, -0.15) is 18.3 Å². The van der Waals surface area contributed by atoms with Crippen LogP contribution in [0.4, 0.5) is 19.0 Å². The summed E-state index contributed by atoms with van der Waals surface area (Å²) in [5.74, 6) is 0.655. The standard InChI is InChI=1S/C25H23F3N6O2/c26-25(27,28)13-20(35)33-12-4-5-17(14-33)34-24-21(23(29)30-15-31-24)22(32-34)16-8-10-19(11-9-16)36-18-6-2-1-3-7-18/h1-3,6-11,15,17H,4-5,12-14H2,(H2,29,30,31). The number of halogens is 3. The van der Waals surface area contributed by atoms with Crippen LogP contribution in [0.15, 0.2) is 60.9 Å². The van der Waals surface area contributed by atoms with Crippen LogP contribution in [0.1, 0.15) is 25.3 Å². The fourth-order valence-corrected chi connectivity index (χ4v) is 4.42. The highest BCUT2D eigenvalue weighted by Crippen LogP contribution is 2.35. The third-order valence-electron chi connectivity index (χ3n) is 6.07. The third-order valence-corrected chi connectivity index (χ3v) is 6.07. The molecular formula is C25H23F3N6O2. The van der Waals surface area contributed by atoms with E-state index in [0.717, 1.165) is 5.56 Å². The number of nitrogen functional groups attached to an aromatic ring is 1. The molecule has 36 heavy (non-hydrogen) atoms. The number of hydrogen-bond donors (Lipinski definition) is 1. The number of amides is 1. The number of carbonyl (C=O) groups is 1. The molecule has 2 aromatic heterocycles. The fourth-order valence-electron chi connectivity index (χ4n) is 4.42. The molecule has 1 unspecified atom stereocenters. The number of benzene rings is 2. The second kappa shape index (κ2) is 9.48. The lowest BCUT2D eigenvalue weighted by Gasteiger charge is -2.33. The van der Waals surface area contributed by atoms with Gasteiger partial charge in [0, 0.05) is 18.7 Å². The molecule has 5 rings (SSSR count). The van der Waals surface area contributed by atoms with Gasteiger partial charge in [0.15, 0.2) is 5.65 Å². The molecule has 2 N–H and O–H groups in total. The molecule has 8 nitrogen and oxygen atoms in total. The van der Waals surface area contributed by atoms with E-state index in [-0.39, 0.29) is 24.9 Å². The van der Waals surface area contributed by atoms with Crippen LogP contribution in [0.2, 0.25) is 0 Å². The van der Waals surface area contributed by atoms with Gasteiger partial charge in [-0.1, -0.05) is 18.2 Å². The normalized spacial score (nSPS) is 16.3. The summed E-state index contributed by atoms with van der Waals surface area (Å²) in [5.41, 5.74) is 7.97. The number of rotatable bonds is 5. The summed E-state index contributed by atoms with van der Waals surface area (Å²) in [6.45, 7) is 0.385. The summed E-state index contributed by atoms with van der Waals surface area (Å²) in [7, 11) is 0. The van der Waals surface area contributed by atoms with Crippen LogP contribution in [-0.2, 0) is 4.79 Å². The molecule has 0 radical (unpaired) electrons. The molecule has 3 heterocycles. The van der Waals surface area contributed by atoms with Crippen molar-refractivity contribution in [3.63, 3.8) is 0 Å². The largest absolute Gasteiger partial charge is 0.457 e. The van der Waals surface area contributed by atoms with Crippen LogP contribution in [0, 0.1) is 0 Å². The maximum absolute atomic E-state index is 12.8. The van der Waals surface area contributed by atoms with Gasteiger partial charge in [-0.25, -0.2) is 14.6 Å². The van der Waals surface area contributed by atoms with Gasteiger partial charge in [0.05, 0.1) is 11.4 Å². The maximum Gasteiger partial charge on any atom is 0.397 e. The average Bonchev–Trinajstić information content (AvgIpc) is 3.25. The Bertz CT molecular complexity index is 1370. The van der Waals surface area contributed by atoms with Crippen LogP contribution >= 0.6 is 0 Å². The van der Waals surface area contributed by atoms with E-state index in [1.165, 1.54) is 11.2 Å². The van der Waals surface area contributed by atoms with Crippen molar-refractivity contribution in [3.8, 4) is 22.8 Å². The molecule has 186 valence electrons. The van der Waals surface area contributed by atoms with Crippen molar-refractivity contribution < 1.29 is 22.7 Å². The zero-order valence-corrected chi connectivity index (χ0v) is 19.2. The van der Waals surface area contributed by atoms with Crippen LogP contribution in [0.25, 0.3) is 22.3 Å². The first-order valence-corrected chi connectivity index (χ1v) is 11.4. The number of piperidine rings is 1. The summed E-state index contributed by atoms with van der Waals surface area (Å²) in [5, 5.41) is 5.31. The highest BCUT2D eigenvalue weighted by atomic mass is 19.4. The van der Waals surface area contributed by atoms with Gasteiger partial charge in [0.2, 0.25) is 5.91 Å². The first kappa shape index (κ1) is 23.6. The molecule has 11 heteroatoms. The molecule has 0 bridgehead atoms. The van der Waals surface area contributed by atoms with Crippen molar-refractivity contribution in [2.75, 3.05) is 18.8 Å². The molecule has 1 atom stereocenters. The topological polar surface area (TPSA) is 99.2 Å². The first-order chi connectivity index (χ1) is 17.3. The van der Waals surface area contributed by atoms with Gasteiger partial charge < -0.3 is 15.4 Å². The fraction of sp³-hybridized carbons (Fsp3) is 0.280. The van der Waals surface area contributed by atoms with E-state index >= 15 is 0 Å². The quantitative estimate of drug-likeness (QED) is 0.418. The number of nitrogens with zero attached hydrogens (tertiary/aromatic N) is 5. The molecule has 1 fully saturated rings.